The van der Waals surface area contributed by atoms with Gasteiger partial charge < -0.3 is 10.1 Å². The fourth-order valence-corrected chi connectivity index (χ4v) is 1.98. The van der Waals surface area contributed by atoms with Crippen LogP contribution in [0.25, 0.3) is 0 Å². The first-order chi connectivity index (χ1) is 8.00. The third-order valence-corrected chi connectivity index (χ3v) is 3.19. The molecule has 3 nitrogen and oxygen atoms in total. The van der Waals surface area contributed by atoms with E-state index in [0.717, 1.165) is 3.57 Å². The van der Waals surface area contributed by atoms with Crippen molar-refractivity contribution in [1.82, 2.24) is 5.32 Å². The Hall–Kier alpha value is -0.330. The van der Waals surface area contributed by atoms with Crippen LogP contribution in [0.3, 0.4) is 0 Å². The van der Waals surface area contributed by atoms with E-state index in [9.17, 15) is 4.79 Å². The predicted molar refractivity (Wildman–Crippen MR) is 77.6 cm³/mol. The van der Waals surface area contributed by atoms with Gasteiger partial charge in [0.15, 0.2) is 0 Å². The number of ether oxygens (including phenoxy) is 1. The molecule has 0 saturated carbocycles. The van der Waals surface area contributed by atoms with Crippen LogP contribution >= 0.6 is 34.2 Å². The van der Waals surface area contributed by atoms with Gasteiger partial charge in [-0.2, -0.15) is 0 Å². The maximum Gasteiger partial charge on any atom is 0.252 e. The number of halogens is 2. The molecule has 0 unspecified atom stereocenters. The largest absolute Gasteiger partial charge is 0.377 e. The summed E-state index contributed by atoms with van der Waals surface area (Å²) >= 11 is 7.97. The van der Waals surface area contributed by atoms with Crippen molar-refractivity contribution in [2.75, 3.05) is 13.2 Å². The second-order valence-corrected chi connectivity index (χ2v) is 5.40. The Morgan fingerprint density at radius 3 is 2.88 bits per heavy atom. The van der Waals surface area contributed by atoms with Gasteiger partial charge in [0, 0.05) is 15.1 Å². The molecule has 0 saturated heterocycles. The Balaban J connectivity index is 2.49. The molecule has 1 rings (SSSR count). The van der Waals surface area contributed by atoms with Crippen LogP contribution in [0.5, 0.6) is 0 Å². The molecule has 1 aromatic carbocycles. The van der Waals surface area contributed by atoms with Crippen LogP contribution in [0.15, 0.2) is 18.2 Å². The average molecular weight is 368 g/mol. The molecule has 0 aliphatic carbocycles. The molecule has 1 N–H and O–H groups in total. The van der Waals surface area contributed by atoms with E-state index in [1.807, 2.05) is 19.9 Å². The lowest BCUT2D eigenvalue weighted by Gasteiger charge is -2.09. The van der Waals surface area contributed by atoms with Crippen molar-refractivity contribution in [2.24, 2.45) is 0 Å². The van der Waals surface area contributed by atoms with Crippen molar-refractivity contribution in [3.05, 3.63) is 32.4 Å². The highest BCUT2D eigenvalue weighted by atomic mass is 127. The van der Waals surface area contributed by atoms with Crippen molar-refractivity contribution in [1.29, 1.82) is 0 Å². The lowest BCUT2D eigenvalue weighted by Crippen LogP contribution is -2.28. The highest BCUT2D eigenvalue weighted by Gasteiger charge is 2.09. The smallest absolute Gasteiger partial charge is 0.252 e. The quantitative estimate of drug-likeness (QED) is 0.641. The molecule has 0 aromatic heterocycles. The van der Waals surface area contributed by atoms with E-state index in [-0.39, 0.29) is 12.0 Å². The predicted octanol–water partition coefficient (Wildman–Crippen LogP) is 3.10. The summed E-state index contributed by atoms with van der Waals surface area (Å²) in [6.07, 6.45) is 0.179. The first-order valence-corrected chi connectivity index (χ1v) is 6.81. The van der Waals surface area contributed by atoms with E-state index in [1.54, 1.807) is 12.1 Å². The van der Waals surface area contributed by atoms with E-state index >= 15 is 0 Å². The number of rotatable bonds is 5. The number of carbonyl (C=O) groups is 1. The summed E-state index contributed by atoms with van der Waals surface area (Å²) in [5.74, 6) is -0.121. The molecule has 0 aliphatic heterocycles. The van der Waals surface area contributed by atoms with Gasteiger partial charge >= 0.3 is 0 Å². The maximum atomic E-state index is 11.8. The first kappa shape index (κ1) is 14.7. The zero-order chi connectivity index (χ0) is 12.8. The molecule has 1 aromatic rings. The van der Waals surface area contributed by atoms with Gasteiger partial charge in [0.25, 0.3) is 5.91 Å². The second kappa shape index (κ2) is 7.18. The minimum absolute atomic E-state index is 0.121. The molecule has 0 bridgehead atoms. The number of hydrogen-bond acceptors (Lipinski definition) is 2. The Kier molecular flexibility index (Phi) is 6.22. The lowest BCUT2D eigenvalue weighted by molar-refractivity contribution is 0.0746. The molecule has 0 aliphatic rings. The van der Waals surface area contributed by atoms with E-state index < -0.39 is 0 Å². The lowest BCUT2D eigenvalue weighted by atomic mass is 10.2. The molecule has 0 radical (unpaired) electrons. The summed E-state index contributed by atoms with van der Waals surface area (Å²) in [7, 11) is 0. The summed E-state index contributed by atoms with van der Waals surface area (Å²) < 4.78 is 6.22. The summed E-state index contributed by atoms with van der Waals surface area (Å²) in [6.45, 7) is 4.93. The molecule has 0 atom stereocenters. The van der Waals surface area contributed by atoms with Crippen LogP contribution in [0, 0.1) is 3.57 Å². The molecule has 1 amide bonds. The minimum atomic E-state index is -0.121. The van der Waals surface area contributed by atoms with Crippen LogP contribution < -0.4 is 5.32 Å². The fourth-order valence-electron chi connectivity index (χ4n) is 1.23. The Morgan fingerprint density at radius 2 is 2.24 bits per heavy atom. The van der Waals surface area contributed by atoms with Crippen LogP contribution in [-0.4, -0.2) is 25.2 Å². The first-order valence-electron chi connectivity index (χ1n) is 5.35. The molecule has 94 valence electrons. The molecular weight excluding hydrogens is 352 g/mol. The average Bonchev–Trinajstić information content (AvgIpc) is 2.27. The van der Waals surface area contributed by atoms with Gasteiger partial charge in [0.2, 0.25) is 0 Å². The van der Waals surface area contributed by atoms with Crippen molar-refractivity contribution in [2.45, 2.75) is 20.0 Å². The molecule has 0 fully saturated rings. The van der Waals surface area contributed by atoms with Crippen LogP contribution in [0.2, 0.25) is 5.02 Å². The number of benzene rings is 1. The number of carbonyl (C=O) groups excluding carboxylic acids is 1. The van der Waals surface area contributed by atoms with Crippen LogP contribution in [-0.2, 0) is 4.74 Å². The minimum Gasteiger partial charge on any atom is -0.377 e. The van der Waals surface area contributed by atoms with Gasteiger partial charge in [0.1, 0.15) is 0 Å². The Labute approximate surface area is 120 Å². The SMILES string of the molecule is CC(C)OCCNC(=O)c1cc(Cl)ccc1I. The summed E-state index contributed by atoms with van der Waals surface area (Å²) in [6, 6.07) is 5.26. The number of nitrogens with one attached hydrogen (secondary N) is 1. The monoisotopic (exact) mass is 367 g/mol. The third-order valence-electron chi connectivity index (χ3n) is 2.01. The van der Waals surface area contributed by atoms with Gasteiger partial charge in [-0.05, 0) is 54.6 Å². The highest BCUT2D eigenvalue weighted by molar-refractivity contribution is 14.1. The van der Waals surface area contributed by atoms with Gasteiger partial charge in [-0.25, -0.2) is 0 Å². The maximum absolute atomic E-state index is 11.8. The fraction of sp³-hybridized carbons (Fsp3) is 0.417. The van der Waals surface area contributed by atoms with Crippen molar-refractivity contribution >= 4 is 40.1 Å². The standard InChI is InChI=1S/C12H15ClINO2/c1-8(2)17-6-5-15-12(16)10-7-9(13)3-4-11(10)14/h3-4,7-8H,5-6H2,1-2H3,(H,15,16). The molecular formula is C12H15ClINO2. The van der Waals surface area contributed by atoms with Gasteiger partial charge in [-0.15, -0.1) is 0 Å². The second-order valence-electron chi connectivity index (χ2n) is 3.80. The molecule has 0 heterocycles. The highest BCUT2D eigenvalue weighted by Crippen LogP contribution is 2.17. The van der Waals surface area contributed by atoms with Crippen LogP contribution in [0.4, 0.5) is 0 Å². The van der Waals surface area contributed by atoms with E-state index in [2.05, 4.69) is 27.9 Å². The van der Waals surface area contributed by atoms with E-state index in [0.29, 0.717) is 23.7 Å². The van der Waals surface area contributed by atoms with Crippen molar-refractivity contribution in [3.63, 3.8) is 0 Å². The number of amides is 1. The van der Waals surface area contributed by atoms with Gasteiger partial charge in [0.05, 0.1) is 18.3 Å². The van der Waals surface area contributed by atoms with Crippen LogP contribution in [0.1, 0.15) is 24.2 Å². The zero-order valence-corrected chi connectivity index (χ0v) is 12.7. The third kappa shape index (κ3) is 5.23. The topological polar surface area (TPSA) is 38.3 Å². The zero-order valence-electron chi connectivity index (χ0n) is 9.80. The van der Waals surface area contributed by atoms with Gasteiger partial charge in [-0.1, -0.05) is 11.6 Å². The Bertz CT molecular complexity index is 396. The number of hydrogen-bond donors (Lipinski definition) is 1. The molecule has 0 spiro atoms. The van der Waals surface area contributed by atoms with Crippen molar-refractivity contribution < 1.29 is 9.53 Å². The normalized spacial score (nSPS) is 10.6. The summed E-state index contributed by atoms with van der Waals surface area (Å²) in [5, 5.41) is 3.36. The van der Waals surface area contributed by atoms with Crippen molar-refractivity contribution in [3.8, 4) is 0 Å². The summed E-state index contributed by atoms with van der Waals surface area (Å²) in [4.78, 5) is 11.8. The Morgan fingerprint density at radius 1 is 1.53 bits per heavy atom. The molecule has 5 heteroatoms. The van der Waals surface area contributed by atoms with E-state index in [1.165, 1.54) is 0 Å². The molecule has 17 heavy (non-hydrogen) atoms. The van der Waals surface area contributed by atoms with E-state index in [4.69, 9.17) is 16.3 Å². The van der Waals surface area contributed by atoms with Gasteiger partial charge in [-0.3, -0.25) is 4.79 Å². The summed E-state index contributed by atoms with van der Waals surface area (Å²) in [5.41, 5.74) is 0.600.